The second-order valence-electron chi connectivity index (χ2n) is 3.58. The molecule has 0 saturated carbocycles. The first kappa shape index (κ1) is 12.4. The number of aryl methyl sites for hydroxylation is 1. The molecule has 0 aliphatic carbocycles. The van der Waals surface area contributed by atoms with Crippen molar-refractivity contribution < 1.29 is 9.94 Å². The summed E-state index contributed by atoms with van der Waals surface area (Å²) in [5, 5.41) is 15.5. The van der Waals surface area contributed by atoms with Crippen LogP contribution < -0.4 is 10.5 Å². The molecule has 1 heterocycles. The number of halogens is 1. The van der Waals surface area contributed by atoms with Gasteiger partial charge in [0.05, 0.1) is 16.9 Å². The molecule has 1 aromatic heterocycles. The number of hydrogen-bond donors (Lipinski definition) is 2. The predicted octanol–water partition coefficient (Wildman–Crippen LogP) is 2.07. The largest absolute Gasteiger partial charge is 0.453 e. The molecule has 94 valence electrons. The second kappa shape index (κ2) is 5.09. The number of ether oxygens (including phenoxy) is 1. The molecule has 0 aliphatic rings. The molecule has 0 bridgehead atoms. The quantitative estimate of drug-likeness (QED) is 0.393. The Morgan fingerprint density at radius 2 is 2.33 bits per heavy atom. The number of amidine groups is 1. The average Bonchev–Trinajstić information content (AvgIpc) is 2.76. The fourth-order valence-corrected chi connectivity index (χ4v) is 1.84. The van der Waals surface area contributed by atoms with Gasteiger partial charge in [-0.1, -0.05) is 5.16 Å². The van der Waals surface area contributed by atoms with Crippen LogP contribution in [0.5, 0.6) is 11.5 Å². The molecule has 0 saturated heterocycles. The maximum atomic E-state index is 8.59. The van der Waals surface area contributed by atoms with Crippen molar-refractivity contribution in [2.45, 2.75) is 0 Å². The summed E-state index contributed by atoms with van der Waals surface area (Å²) in [7, 11) is 1.81. The molecule has 0 atom stereocenters. The maximum Gasteiger partial charge on any atom is 0.170 e. The Morgan fingerprint density at radius 3 is 2.89 bits per heavy atom. The minimum absolute atomic E-state index is 0.0450. The lowest BCUT2D eigenvalue weighted by atomic mass is 10.2. The molecular weight excluding hydrogens is 300 g/mol. The molecule has 0 radical (unpaired) electrons. The van der Waals surface area contributed by atoms with E-state index in [1.165, 1.54) is 0 Å². The van der Waals surface area contributed by atoms with Gasteiger partial charge in [0.15, 0.2) is 11.6 Å². The van der Waals surface area contributed by atoms with Gasteiger partial charge in [-0.25, -0.2) is 0 Å². The normalized spacial score (nSPS) is 11.6. The smallest absolute Gasteiger partial charge is 0.170 e. The summed E-state index contributed by atoms with van der Waals surface area (Å²) in [6.07, 6.45) is 3.37. The Morgan fingerprint density at radius 1 is 1.56 bits per heavy atom. The number of nitrogens with two attached hydrogens (primary N) is 1. The number of benzene rings is 1. The van der Waals surface area contributed by atoms with Crippen LogP contribution in [0.1, 0.15) is 5.56 Å². The topological polar surface area (TPSA) is 85.7 Å². The fourth-order valence-electron chi connectivity index (χ4n) is 1.38. The molecule has 1 aromatic carbocycles. The Bertz CT molecular complexity index is 594. The number of oxime groups is 1. The van der Waals surface area contributed by atoms with E-state index in [9.17, 15) is 0 Å². The molecule has 0 amide bonds. The van der Waals surface area contributed by atoms with Crippen LogP contribution in [-0.4, -0.2) is 20.8 Å². The number of rotatable bonds is 3. The van der Waals surface area contributed by atoms with Crippen molar-refractivity contribution in [2.75, 3.05) is 0 Å². The van der Waals surface area contributed by atoms with Gasteiger partial charge in [0.25, 0.3) is 0 Å². The van der Waals surface area contributed by atoms with Crippen LogP contribution in [0.15, 0.2) is 40.2 Å². The van der Waals surface area contributed by atoms with E-state index in [1.807, 2.05) is 7.05 Å². The van der Waals surface area contributed by atoms with Gasteiger partial charge in [0.1, 0.15) is 5.75 Å². The Kier molecular flexibility index (Phi) is 3.52. The van der Waals surface area contributed by atoms with E-state index in [0.717, 1.165) is 0 Å². The second-order valence-corrected chi connectivity index (χ2v) is 4.44. The van der Waals surface area contributed by atoms with E-state index in [0.29, 0.717) is 21.5 Å². The average molecular weight is 311 g/mol. The van der Waals surface area contributed by atoms with Crippen molar-refractivity contribution in [3.8, 4) is 11.5 Å². The minimum Gasteiger partial charge on any atom is -0.453 e. The monoisotopic (exact) mass is 310 g/mol. The summed E-state index contributed by atoms with van der Waals surface area (Å²) in [4.78, 5) is 0. The molecule has 0 unspecified atom stereocenters. The van der Waals surface area contributed by atoms with Crippen molar-refractivity contribution in [3.05, 3.63) is 40.6 Å². The zero-order valence-electron chi connectivity index (χ0n) is 9.54. The van der Waals surface area contributed by atoms with Crippen LogP contribution in [0.4, 0.5) is 0 Å². The molecule has 2 rings (SSSR count). The molecule has 18 heavy (non-hydrogen) atoms. The van der Waals surface area contributed by atoms with Gasteiger partial charge in [0.2, 0.25) is 0 Å². The van der Waals surface area contributed by atoms with Crippen LogP contribution >= 0.6 is 15.9 Å². The van der Waals surface area contributed by atoms with Crippen molar-refractivity contribution in [1.82, 2.24) is 9.78 Å². The highest BCUT2D eigenvalue weighted by Gasteiger charge is 2.07. The summed E-state index contributed by atoms with van der Waals surface area (Å²) < 4.78 is 7.98. The Balaban J connectivity index is 2.25. The zero-order valence-corrected chi connectivity index (χ0v) is 11.1. The summed E-state index contributed by atoms with van der Waals surface area (Å²) in [5.74, 6) is 1.30. The molecule has 3 N–H and O–H groups in total. The molecule has 6 nitrogen and oxygen atoms in total. The van der Waals surface area contributed by atoms with Crippen LogP contribution in [0.3, 0.4) is 0 Å². The third-order valence-electron chi connectivity index (χ3n) is 2.24. The van der Waals surface area contributed by atoms with Crippen LogP contribution in [0.25, 0.3) is 0 Å². The first-order chi connectivity index (χ1) is 8.60. The van der Waals surface area contributed by atoms with Crippen molar-refractivity contribution in [2.24, 2.45) is 17.9 Å². The maximum absolute atomic E-state index is 8.59. The molecule has 7 heteroatoms. The van der Waals surface area contributed by atoms with Crippen LogP contribution in [-0.2, 0) is 7.05 Å². The van der Waals surface area contributed by atoms with Crippen molar-refractivity contribution in [3.63, 3.8) is 0 Å². The van der Waals surface area contributed by atoms with Gasteiger partial charge in [0, 0.05) is 12.6 Å². The first-order valence-electron chi connectivity index (χ1n) is 5.04. The lowest BCUT2D eigenvalue weighted by Gasteiger charge is -2.07. The van der Waals surface area contributed by atoms with E-state index in [4.69, 9.17) is 15.7 Å². The molecule has 0 aliphatic heterocycles. The zero-order chi connectivity index (χ0) is 13.1. The summed E-state index contributed by atoms with van der Waals surface area (Å²) in [6.45, 7) is 0. The third-order valence-corrected chi connectivity index (χ3v) is 2.86. The third kappa shape index (κ3) is 2.62. The number of aromatic nitrogens is 2. The number of hydrogen-bond acceptors (Lipinski definition) is 4. The molecular formula is C11H11BrN4O2. The molecule has 2 aromatic rings. The lowest BCUT2D eigenvalue weighted by Crippen LogP contribution is -2.12. The summed E-state index contributed by atoms with van der Waals surface area (Å²) in [6, 6.07) is 5.14. The molecule has 0 fully saturated rings. The van der Waals surface area contributed by atoms with Crippen LogP contribution in [0.2, 0.25) is 0 Å². The SMILES string of the molecule is Cn1cc(Oc2ccc(/C(N)=N/O)cc2Br)cn1. The van der Waals surface area contributed by atoms with E-state index in [2.05, 4.69) is 26.2 Å². The van der Waals surface area contributed by atoms with Gasteiger partial charge >= 0.3 is 0 Å². The van der Waals surface area contributed by atoms with E-state index in [-0.39, 0.29) is 5.84 Å². The lowest BCUT2D eigenvalue weighted by molar-refractivity contribution is 0.318. The number of nitrogens with zero attached hydrogens (tertiary/aromatic N) is 3. The van der Waals surface area contributed by atoms with Gasteiger partial charge in [-0.15, -0.1) is 0 Å². The van der Waals surface area contributed by atoms with Gasteiger partial charge in [-0.2, -0.15) is 5.10 Å². The highest BCUT2D eigenvalue weighted by Crippen LogP contribution is 2.30. The standard InChI is InChI=1S/C11H11BrN4O2/c1-16-6-8(5-14-16)18-10-3-2-7(4-9(10)12)11(13)15-17/h2-6,17H,1H3,(H2,13,15). The van der Waals surface area contributed by atoms with Crippen LogP contribution in [0, 0.1) is 0 Å². The Hall–Kier alpha value is -2.02. The van der Waals surface area contributed by atoms with Crippen molar-refractivity contribution >= 4 is 21.8 Å². The summed E-state index contributed by atoms with van der Waals surface area (Å²) >= 11 is 3.36. The Labute approximate surface area is 112 Å². The molecule has 0 spiro atoms. The van der Waals surface area contributed by atoms with Crippen molar-refractivity contribution in [1.29, 1.82) is 0 Å². The van der Waals surface area contributed by atoms with Gasteiger partial charge in [-0.05, 0) is 34.1 Å². The van der Waals surface area contributed by atoms with E-state index in [1.54, 1.807) is 35.3 Å². The first-order valence-corrected chi connectivity index (χ1v) is 5.83. The highest BCUT2D eigenvalue weighted by molar-refractivity contribution is 9.10. The highest BCUT2D eigenvalue weighted by atomic mass is 79.9. The van der Waals surface area contributed by atoms with E-state index < -0.39 is 0 Å². The predicted molar refractivity (Wildman–Crippen MR) is 69.9 cm³/mol. The van der Waals surface area contributed by atoms with Gasteiger partial charge in [-0.3, -0.25) is 4.68 Å². The minimum atomic E-state index is 0.0450. The van der Waals surface area contributed by atoms with Gasteiger partial charge < -0.3 is 15.7 Å². The fraction of sp³-hybridized carbons (Fsp3) is 0.0909. The van der Waals surface area contributed by atoms with E-state index >= 15 is 0 Å². The summed E-state index contributed by atoms with van der Waals surface area (Å²) in [5.41, 5.74) is 6.09.